The van der Waals surface area contributed by atoms with Crippen LogP contribution in [0.5, 0.6) is 0 Å². The van der Waals surface area contributed by atoms with E-state index in [1.54, 1.807) is 12.4 Å². The van der Waals surface area contributed by atoms with Gasteiger partial charge in [-0.15, -0.1) is 0 Å². The second-order valence-electron chi connectivity index (χ2n) is 5.76. The van der Waals surface area contributed by atoms with Crippen molar-refractivity contribution in [3.05, 3.63) is 89.8 Å². The second-order valence-corrected chi connectivity index (χ2v) is 5.76. The third-order valence-electron chi connectivity index (χ3n) is 4.13. The summed E-state index contributed by atoms with van der Waals surface area (Å²) in [6, 6.07) is 11.8. The first-order valence-corrected chi connectivity index (χ1v) is 7.81. The van der Waals surface area contributed by atoms with E-state index in [0.717, 1.165) is 16.7 Å². The van der Waals surface area contributed by atoms with E-state index in [2.05, 4.69) is 15.0 Å². The van der Waals surface area contributed by atoms with Crippen LogP contribution in [0, 0.1) is 0 Å². The molecule has 0 fully saturated rings. The first kappa shape index (κ1) is 15.1. The minimum atomic E-state index is -0.251. The van der Waals surface area contributed by atoms with E-state index in [4.69, 9.17) is 0 Å². The topological polar surface area (TPSA) is 72.8 Å². The fraction of sp³-hybridized carbons (Fsp3) is 0.0500. The van der Waals surface area contributed by atoms with Gasteiger partial charge >= 0.3 is 0 Å². The van der Waals surface area contributed by atoms with E-state index in [1.165, 1.54) is 18.6 Å². The fourth-order valence-corrected chi connectivity index (χ4v) is 2.86. The van der Waals surface area contributed by atoms with Gasteiger partial charge in [-0.1, -0.05) is 30.3 Å². The zero-order chi connectivity index (χ0) is 17.2. The smallest absolute Gasteiger partial charge is 0.205 e. The number of nitrogens with zero attached hydrogens (tertiary/aromatic N) is 3. The second kappa shape index (κ2) is 6.20. The summed E-state index contributed by atoms with van der Waals surface area (Å²) in [7, 11) is 0. The molecule has 0 saturated heterocycles. The summed E-state index contributed by atoms with van der Waals surface area (Å²) in [5.74, 6) is -0.439. The third-order valence-corrected chi connectivity index (χ3v) is 4.13. The molecule has 0 bridgehead atoms. The van der Waals surface area contributed by atoms with Crippen molar-refractivity contribution in [2.45, 2.75) is 6.42 Å². The zero-order valence-electron chi connectivity index (χ0n) is 13.2. The van der Waals surface area contributed by atoms with Gasteiger partial charge in [-0.2, -0.15) is 0 Å². The van der Waals surface area contributed by atoms with E-state index in [1.807, 2.05) is 36.4 Å². The molecule has 0 spiro atoms. The van der Waals surface area contributed by atoms with Gasteiger partial charge < -0.3 is 0 Å². The van der Waals surface area contributed by atoms with Gasteiger partial charge in [0.1, 0.15) is 12.0 Å². The number of aromatic nitrogens is 3. The van der Waals surface area contributed by atoms with Crippen LogP contribution in [0.15, 0.2) is 73.0 Å². The molecule has 0 N–H and O–H groups in total. The number of Topliss-reactive ketones (excluding diaryl/α,β-unsaturated/α-hetero) is 1. The number of fused-ring (bicyclic) bond motifs is 1. The Morgan fingerprint density at radius 1 is 0.880 bits per heavy atom. The van der Waals surface area contributed by atoms with Crippen LogP contribution in [-0.4, -0.2) is 26.5 Å². The van der Waals surface area contributed by atoms with E-state index < -0.39 is 0 Å². The molecule has 1 aliphatic carbocycles. The maximum atomic E-state index is 12.5. The van der Waals surface area contributed by atoms with E-state index in [0.29, 0.717) is 12.0 Å². The number of carbonyl (C=O) groups is 2. The molecule has 25 heavy (non-hydrogen) atoms. The number of pyridine rings is 1. The summed E-state index contributed by atoms with van der Waals surface area (Å²) >= 11 is 0. The Kier molecular flexibility index (Phi) is 3.74. The van der Waals surface area contributed by atoms with Gasteiger partial charge in [0.2, 0.25) is 5.78 Å². The first-order valence-electron chi connectivity index (χ1n) is 7.81. The molecule has 0 unspecified atom stereocenters. The summed E-state index contributed by atoms with van der Waals surface area (Å²) in [5, 5.41) is 0. The van der Waals surface area contributed by atoms with Crippen LogP contribution in [-0.2, 0) is 6.42 Å². The Balaban J connectivity index is 1.59. The molecule has 3 aromatic rings. The van der Waals surface area contributed by atoms with Gasteiger partial charge in [0.05, 0.1) is 5.56 Å². The van der Waals surface area contributed by atoms with Gasteiger partial charge in [0.25, 0.3) is 0 Å². The molecular weight excluding hydrogens is 314 g/mol. The lowest BCUT2D eigenvalue weighted by Gasteiger charge is -2.13. The van der Waals surface area contributed by atoms with Crippen molar-refractivity contribution < 1.29 is 9.59 Å². The van der Waals surface area contributed by atoms with Crippen LogP contribution in [0.1, 0.15) is 26.4 Å². The van der Waals surface area contributed by atoms with Crippen LogP contribution in [0.2, 0.25) is 0 Å². The molecule has 0 atom stereocenters. The molecule has 0 amide bonds. The van der Waals surface area contributed by atoms with Crippen molar-refractivity contribution in [1.82, 2.24) is 15.0 Å². The van der Waals surface area contributed by atoms with E-state index >= 15 is 0 Å². The number of hydrogen-bond donors (Lipinski definition) is 0. The molecule has 4 rings (SSSR count). The molecule has 0 radical (unpaired) electrons. The van der Waals surface area contributed by atoms with E-state index in [-0.39, 0.29) is 22.8 Å². The van der Waals surface area contributed by atoms with Gasteiger partial charge in [0.15, 0.2) is 5.78 Å². The maximum absolute atomic E-state index is 12.5. The van der Waals surface area contributed by atoms with Crippen LogP contribution in [0.3, 0.4) is 0 Å². The molecule has 2 heterocycles. The van der Waals surface area contributed by atoms with Crippen molar-refractivity contribution in [2.24, 2.45) is 0 Å². The number of allylic oxidation sites excluding steroid dienone is 2. The Hall–Kier alpha value is -3.47. The van der Waals surface area contributed by atoms with Gasteiger partial charge in [0, 0.05) is 30.6 Å². The van der Waals surface area contributed by atoms with Crippen molar-refractivity contribution >= 4 is 11.6 Å². The first-order chi connectivity index (χ1) is 12.2. The highest BCUT2D eigenvalue weighted by Gasteiger charge is 2.26. The largest absolute Gasteiger partial charge is 0.289 e. The Morgan fingerprint density at radius 3 is 2.48 bits per heavy atom. The molecule has 0 saturated carbocycles. The number of rotatable bonds is 3. The van der Waals surface area contributed by atoms with Crippen LogP contribution < -0.4 is 0 Å². The van der Waals surface area contributed by atoms with Crippen molar-refractivity contribution in [3.63, 3.8) is 0 Å². The molecule has 5 nitrogen and oxygen atoms in total. The lowest BCUT2D eigenvalue weighted by Crippen LogP contribution is -2.20. The van der Waals surface area contributed by atoms with Crippen molar-refractivity contribution in [3.8, 4) is 11.1 Å². The molecule has 1 aromatic carbocycles. The van der Waals surface area contributed by atoms with Gasteiger partial charge in [-0.25, -0.2) is 9.97 Å². The van der Waals surface area contributed by atoms with E-state index in [9.17, 15) is 9.59 Å². The fourth-order valence-electron chi connectivity index (χ4n) is 2.86. The average molecular weight is 327 g/mol. The number of benzene rings is 1. The zero-order valence-corrected chi connectivity index (χ0v) is 13.2. The lowest BCUT2D eigenvalue weighted by atomic mass is 9.90. The van der Waals surface area contributed by atoms with Gasteiger partial charge in [-0.05, 0) is 28.8 Å². The predicted molar refractivity (Wildman–Crippen MR) is 92.2 cm³/mol. The van der Waals surface area contributed by atoms with Crippen LogP contribution in [0.4, 0.5) is 0 Å². The van der Waals surface area contributed by atoms with Gasteiger partial charge in [-0.3, -0.25) is 14.6 Å². The standard InChI is InChI=1S/C20H13N3O2/c24-18-9-16(20(25)17-11-22-12-23-19(17)18)8-13-3-5-14(6-4-13)15-2-1-7-21-10-15/h1-7,9-12H,8H2. The van der Waals surface area contributed by atoms with Crippen molar-refractivity contribution in [2.75, 3.05) is 0 Å². The monoisotopic (exact) mass is 327 g/mol. The van der Waals surface area contributed by atoms with Crippen LogP contribution in [0.25, 0.3) is 11.1 Å². The summed E-state index contributed by atoms with van der Waals surface area (Å²) < 4.78 is 0. The molecule has 0 aliphatic heterocycles. The highest BCUT2D eigenvalue weighted by atomic mass is 16.1. The molecule has 5 heteroatoms. The highest BCUT2D eigenvalue weighted by Crippen LogP contribution is 2.23. The number of ketones is 2. The summed E-state index contributed by atoms with van der Waals surface area (Å²) in [4.78, 5) is 36.6. The Labute approximate surface area is 144 Å². The molecule has 120 valence electrons. The highest BCUT2D eigenvalue weighted by molar-refractivity contribution is 6.23. The quantitative estimate of drug-likeness (QED) is 0.739. The lowest BCUT2D eigenvalue weighted by molar-refractivity contribution is 0.0978. The minimum Gasteiger partial charge on any atom is -0.289 e. The van der Waals surface area contributed by atoms with Crippen molar-refractivity contribution in [1.29, 1.82) is 0 Å². The summed E-state index contributed by atoms with van der Waals surface area (Å²) in [5.41, 5.74) is 3.95. The maximum Gasteiger partial charge on any atom is 0.205 e. The normalized spacial score (nSPS) is 13.4. The molecule has 2 aromatic heterocycles. The number of carbonyl (C=O) groups excluding carboxylic acids is 2. The van der Waals surface area contributed by atoms with Crippen LogP contribution >= 0.6 is 0 Å². The Morgan fingerprint density at radius 2 is 1.72 bits per heavy atom. The summed E-state index contributed by atoms with van der Waals surface area (Å²) in [6.07, 6.45) is 8.00. The molecule has 1 aliphatic rings. The number of hydrogen-bond acceptors (Lipinski definition) is 5. The SMILES string of the molecule is O=C1C(Cc2ccc(-c3cccnc3)cc2)=CC(=O)c2ncncc21. The average Bonchev–Trinajstić information content (AvgIpc) is 2.67. The minimum absolute atomic E-state index is 0.177. The Bertz CT molecular complexity index is 993. The predicted octanol–water partition coefficient (Wildman–Crippen LogP) is 3.09. The molecular formula is C20H13N3O2. The third kappa shape index (κ3) is 2.87. The summed E-state index contributed by atoms with van der Waals surface area (Å²) in [6.45, 7) is 0.